The van der Waals surface area contributed by atoms with Gasteiger partial charge >= 0.3 is 6.09 Å². The van der Waals surface area contributed by atoms with Crippen LogP contribution in [0.1, 0.15) is 19.8 Å². The molecule has 0 aromatic rings. The number of nitrogens with zero attached hydrogens (tertiary/aromatic N) is 1. The molecule has 0 aliphatic heterocycles. The quantitative estimate of drug-likeness (QED) is 0.446. The molecule has 0 saturated carbocycles. The third kappa shape index (κ3) is 5.10. The molecule has 0 aliphatic rings. The van der Waals surface area contributed by atoms with Crippen LogP contribution in [0, 0.1) is 0 Å². The number of hydrogen-bond donors (Lipinski definition) is 1. The highest BCUT2D eigenvalue weighted by molar-refractivity contribution is 5.66. The maximum atomic E-state index is 10.1. The van der Waals surface area contributed by atoms with Crippen LogP contribution >= 0.6 is 0 Å². The molecule has 2 radical (unpaired) electrons. The Labute approximate surface area is 54.3 Å². The van der Waals surface area contributed by atoms with Crippen LogP contribution in [0.3, 0.4) is 0 Å². The van der Waals surface area contributed by atoms with Crippen molar-refractivity contribution in [1.82, 2.24) is 11.2 Å². The second-order valence-electron chi connectivity index (χ2n) is 1.66. The van der Waals surface area contributed by atoms with E-state index >= 15 is 0 Å². The van der Waals surface area contributed by atoms with Crippen LogP contribution in [0.25, 0.3) is 0 Å². The summed E-state index contributed by atoms with van der Waals surface area (Å²) in [5, 5.41) is 2.32. The fourth-order valence-electron chi connectivity index (χ4n) is 0.400. The van der Waals surface area contributed by atoms with Gasteiger partial charge in [0.05, 0.1) is 0 Å². The summed E-state index contributed by atoms with van der Waals surface area (Å²) in [5.74, 6) is 7.72. The molecule has 0 rings (SSSR count). The van der Waals surface area contributed by atoms with E-state index < -0.39 is 6.09 Å². The lowest BCUT2D eigenvalue weighted by atomic mass is 10.3. The standard InChI is InChI=1S/C5H10N2O2/c1-2-3-4-7-5(8)9-6/h2-4H2,1H3,(H,7,8). The fraction of sp³-hybridized carbons (Fsp3) is 0.800. The molecule has 0 heterocycles. The highest BCUT2D eigenvalue weighted by atomic mass is 16.7. The van der Waals surface area contributed by atoms with Crippen LogP contribution in [0.5, 0.6) is 0 Å². The van der Waals surface area contributed by atoms with Gasteiger partial charge in [0.2, 0.25) is 0 Å². The van der Waals surface area contributed by atoms with Crippen molar-refractivity contribution in [2.75, 3.05) is 6.54 Å². The lowest BCUT2D eigenvalue weighted by molar-refractivity contribution is 0.138. The summed E-state index contributed by atoms with van der Waals surface area (Å²) in [6, 6.07) is 0. The summed E-state index contributed by atoms with van der Waals surface area (Å²) in [7, 11) is 0. The molecule has 4 nitrogen and oxygen atoms in total. The minimum atomic E-state index is -0.788. The average Bonchev–Trinajstić information content (AvgIpc) is 1.89. The number of unbranched alkanes of at least 4 members (excludes halogenated alkanes) is 1. The summed E-state index contributed by atoms with van der Waals surface area (Å²) in [6.45, 7) is 2.56. The van der Waals surface area contributed by atoms with Crippen molar-refractivity contribution in [2.45, 2.75) is 19.8 Å². The Bertz CT molecular complexity index is 85.0. The van der Waals surface area contributed by atoms with E-state index in [1.54, 1.807) is 0 Å². The van der Waals surface area contributed by atoms with Gasteiger partial charge in [-0.1, -0.05) is 13.3 Å². The predicted molar refractivity (Wildman–Crippen MR) is 31.5 cm³/mol. The van der Waals surface area contributed by atoms with E-state index in [4.69, 9.17) is 5.90 Å². The third-order valence-corrected chi connectivity index (χ3v) is 0.883. The van der Waals surface area contributed by atoms with Gasteiger partial charge in [0.1, 0.15) is 5.90 Å². The molecule has 0 aromatic heterocycles. The van der Waals surface area contributed by atoms with E-state index in [9.17, 15) is 4.79 Å². The molecule has 0 fully saturated rings. The van der Waals surface area contributed by atoms with Crippen molar-refractivity contribution in [1.29, 1.82) is 0 Å². The van der Waals surface area contributed by atoms with E-state index in [1.165, 1.54) is 0 Å². The fourth-order valence-corrected chi connectivity index (χ4v) is 0.400. The smallest absolute Gasteiger partial charge is 0.320 e. The highest BCUT2D eigenvalue weighted by Gasteiger charge is 1.95. The molecule has 52 valence electrons. The largest absolute Gasteiger partial charge is 0.429 e. The lowest BCUT2D eigenvalue weighted by Crippen LogP contribution is -2.24. The maximum absolute atomic E-state index is 10.1. The summed E-state index contributed by atoms with van der Waals surface area (Å²) in [4.78, 5) is 13.5. The number of nitrogens with one attached hydrogen (secondary N) is 1. The van der Waals surface area contributed by atoms with Crippen LogP contribution in [-0.2, 0) is 4.84 Å². The SMILES string of the molecule is CCCCNC(=O)O[N]. The number of carbonyl (C=O) groups excluding carboxylic acids is 1. The zero-order valence-electron chi connectivity index (χ0n) is 5.39. The molecule has 0 bridgehead atoms. The van der Waals surface area contributed by atoms with Crippen LogP contribution in [-0.4, -0.2) is 12.6 Å². The van der Waals surface area contributed by atoms with Crippen molar-refractivity contribution >= 4 is 6.09 Å². The summed E-state index contributed by atoms with van der Waals surface area (Å²) >= 11 is 0. The topological polar surface area (TPSA) is 60.6 Å². The molecule has 0 saturated heterocycles. The van der Waals surface area contributed by atoms with Gasteiger partial charge in [-0.25, -0.2) is 4.79 Å². The second-order valence-corrected chi connectivity index (χ2v) is 1.66. The Balaban J connectivity index is 2.97. The van der Waals surface area contributed by atoms with Gasteiger partial charge in [-0.2, -0.15) is 0 Å². The van der Waals surface area contributed by atoms with Gasteiger partial charge in [0, 0.05) is 6.54 Å². The lowest BCUT2D eigenvalue weighted by Gasteiger charge is -1.97. The monoisotopic (exact) mass is 130 g/mol. The first kappa shape index (κ1) is 8.23. The van der Waals surface area contributed by atoms with Gasteiger partial charge in [-0.3, -0.25) is 0 Å². The van der Waals surface area contributed by atoms with Crippen LogP contribution < -0.4 is 11.2 Å². The van der Waals surface area contributed by atoms with Crippen molar-refractivity contribution < 1.29 is 9.63 Å². The summed E-state index contributed by atoms with van der Waals surface area (Å²) in [5.41, 5.74) is 0. The Morgan fingerprint density at radius 2 is 2.44 bits per heavy atom. The van der Waals surface area contributed by atoms with Crippen LogP contribution in [0.2, 0.25) is 0 Å². The molecule has 0 atom stereocenters. The number of amides is 1. The van der Waals surface area contributed by atoms with Gasteiger partial charge in [0.15, 0.2) is 0 Å². The van der Waals surface area contributed by atoms with E-state index in [0.717, 1.165) is 12.8 Å². The first-order chi connectivity index (χ1) is 4.31. The van der Waals surface area contributed by atoms with Crippen LogP contribution in [0.15, 0.2) is 0 Å². The van der Waals surface area contributed by atoms with Crippen molar-refractivity contribution in [3.05, 3.63) is 0 Å². The Hall–Kier alpha value is -0.770. The van der Waals surface area contributed by atoms with Crippen molar-refractivity contribution in [2.24, 2.45) is 0 Å². The molecule has 9 heavy (non-hydrogen) atoms. The van der Waals surface area contributed by atoms with Crippen molar-refractivity contribution in [3.8, 4) is 0 Å². The molecule has 0 spiro atoms. The number of carbonyl (C=O) groups is 1. The number of rotatable bonds is 3. The average molecular weight is 130 g/mol. The van der Waals surface area contributed by atoms with Gasteiger partial charge in [0.25, 0.3) is 0 Å². The molecule has 0 aromatic carbocycles. The van der Waals surface area contributed by atoms with E-state index in [-0.39, 0.29) is 0 Å². The van der Waals surface area contributed by atoms with Crippen molar-refractivity contribution in [3.63, 3.8) is 0 Å². The molecule has 4 heteroatoms. The van der Waals surface area contributed by atoms with E-state index in [0.29, 0.717) is 6.54 Å². The van der Waals surface area contributed by atoms with Gasteiger partial charge in [-0.05, 0) is 6.42 Å². The Morgan fingerprint density at radius 3 is 2.89 bits per heavy atom. The van der Waals surface area contributed by atoms with Crippen LogP contribution in [0.4, 0.5) is 4.79 Å². The normalized spacial score (nSPS) is 8.67. The first-order valence-corrected chi connectivity index (χ1v) is 2.90. The summed E-state index contributed by atoms with van der Waals surface area (Å²) < 4.78 is 0. The van der Waals surface area contributed by atoms with E-state index in [2.05, 4.69) is 10.2 Å². The molecule has 1 amide bonds. The Kier molecular flexibility index (Phi) is 4.91. The first-order valence-electron chi connectivity index (χ1n) is 2.90. The minimum absolute atomic E-state index is 0.551. The molecule has 1 N–H and O–H groups in total. The number of hydrogen-bond acceptors (Lipinski definition) is 2. The second kappa shape index (κ2) is 5.37. The zero-order chi connectivity index (χ0) is 7.11. The third-order valence-electron chi connectivity index (χ3n) is 0.883. The Morgan fingerprint density at radius 1 is 1.78 bits per heavy atom. The molecule has 0 unspecified atom stereocenters. The van der Waals surface area contributed by atoms with E-state index in [1.807, 2.05) is 6.92 Å². The molecular formula is C5H10N2O2. The molecular weight excluding hydrogens is 120 g/mol. The van der Waals surface area contributed by atoms with Gasteiger partial charge in [-0.15, -0.1) is 0 Å². The molecule has 0 aliphatic carbocycles. The predicted octanol–water partition coefficient (Wildman–Crippen LogP) is 0.496. The van der Waals surface area contributed by atoms with Gasteiger partial charge < -0.3 is 10.2 Å². The summed E-state index contributed by atoms with van der Waals surface area (Å²) in [6.07, 6.45) is 1.12. The minimum Gasteiger partial charge on any atom is -0.320 e. The highest BCUT2D eigenvalue weighted by Crippen LogP contribution is 1.82. The maximum Gasteiger partial charge on any atom is 0.429 e. The zero-order valence-corrected chi connectivity index (χ0v) is 5.39.